The lowest BCUT2D eigenvalue weighted by atomic mass is 10.1. The molecule has 0 saturated heterocycles. The first-order valence-electron chi connectivity index (χ1n) is 29.6. The molecule has 3 unspecified atom stereocenters. The van der Waals surface area contributed by atoms with Gasteiger partial charge in [0.25, 0.3) is 0 Å². The van der Waals surface area contributed by atoms with Crippen LogP contribution in [0.2, 0.25) is 0 Å². The molecule has 0 aliphatic rings. The van der Waals surface area contributed by atoms with Gasteiger partial charge in [0.1, 0.15) is 19.3 Å². The zero-order chi connectivity index (χ0) is 53.6. The van der Waals surface area contributed by atoms with E-state index in [0.29, 0.717) is 23.9 Å². The third kappa shape index (κ3) is 53.6. The maximum absolute atomic E-state index is 13.5. The van der Waals surface area contributed by atoms with Gasteiger partial charge >= 0.3 is 13.8 Å². The van der Waals surface area contributed by atoms with Crippen molar-refractivity contribution < 1.29 is 37.3 Å². The summed E-state index contributed by atoms with van der Waals surface area (Å²) in [5.41, 5.74) is 0. The Morgan fingerprint density at radius 1 is 0.479 bits per heavy atom. The van der Waals surface area contributed by atoms with Gasteiger partial charge in [-0.15, -0.1) is 0 Å². The SMILES string of the molecule is CCCCC/C=C\C/C=C\C/C=C\C/C=C\CCCC(=O)OC(/C=C/CCCCCCCCCCC)C(COP(=O)(O)OCC[N+](C)(C)C)NC(=O)CCCCCCCC/C=C\C/C=C\C/C=C\CCCCC. The summed E-state index contributed by atoms with van der Waals surface area (Å²) < 4.78 is 30.6. The maximum atomic E-state index is 13.5. The number of esters is 1. The summed E-state index contributed by atoms with van der Waals surface area (Å²) in [7, 11) is 1.44. The fraction of sp³-hybridized carbons (Fsp3) is 0.714. The number of carbonyl (C=O) groups is 2. The second-order valence-corrected chi connectivity index (χ2v) is 22.3. The molecule has 420 valence electrons. The zero-order valence-corrected chi connectivity index (χ0v) is 48.7. The lowest BCUT2D eigenvalue weighted by molar-refractivity contribution is -0.870. The molecule has 0 bridgehead atoms. The predicted molar refractivity (Wildman–Crippen MR) is 314 cm³/mol. The summed E-state index contributed by atoms with van der Waals surface area (Å²) in [6.45, 7) is 6.89. The highest BCUT2D eigenvalue weighted by atomic mass is 31.2. The van der Waals surface area contributed by atoms with Crippen LogP contribution < -0.4 is 5.32 Å². The van der Waals surface area contributed by atoms with Crippen LogP contribution in [-0.2, 0) is 27.9 Å². The molecule has 0 spiro atoms. The number of allylic oxidation sites excluding steroid dienone is 15. The van der Waals surface area contributed by atoms with Crippen molar-refractivity contribution in [2.24, 2.45) is 0 Å². The van der Waals surface area contributed by atoms with E-state index >= 15 is 0 Å². The summed E-state index contributed by atoms with van der Waals surface area (Å²) in [4.78, 5) is 37.6. The van der Waals surface area contributed by atoms with Gasteiger partial charge in [0.2, 0.25) is 5.91 Å². The number of hydrogen-bond acceptors (Lipinski definition) is 6. The van der Waals surface area contributed by atoms with E-state index in [1.165, 1.54) is 96.3 Å². The number of nitrogens with one attached hydrogen (secondary N) is 1. The molecule has 0 aromatic carbocycles. The monoisotopic (exact) mass is 1040 g/mol. The van der Waals surface area contributed by atoms with E-state index in [4.69, 9.17) is 13.8 Å². The minimum absolute atomic E-state index is 0.0245. The Morgan fingerprint density at radius 2 is 0.849 bits per heavy atom. The number of likely N-dealkylation sites (N-methyl/N-ethyl adjacent to an activating group) is 1. The first kappa shape index (κ1) is 69.9. The zero-order valence-electron chi connectivity index (χ0n) is 47.8. The fourth-order valence-corrected chi connectivity index (χ4v) is 8.61. The normalized spacial score (nSPS) is 14.5. The van der Waals surface area contributed by atoms with Crippen LogP contribution in [-0.4, -0.2) is 74.3 Å². The van der Waals surface area contributed by atoms with E-state index in [2.05, 4.69) is 111 Å². The third-order valence-corrected chi connectivity index (χ3v) is 13.5. The molecule has 0 aromatic rings. The number of rotatable bonds is 52. The number of unbranched alkanes of at least 4 members (excludes halogenated alkanes) is 22. The van der Waals surface area contributed by atoms with Gasteiger partial charge in [-0.1, -0.05) is 215 Å². The molecule has 0 heterocycles. The third-order valence-electron chi connectivity index (χ3n) is 12.5. The lowest BCUT2D eigenvalue weighted by Crippen LogP contribution is -2.47. The van der Waals surface area contributed by atoms with Crippen LogP contribution in [0.25, 0.3) is 0 Å². The Balaban J connectivity index is 5.40. The van der Waals surface area contributed by atoms with Crippen LogP contribution in [0.3, 0.4) is 0 Å². The van der Waals surface area contributed by atoms with Gasteiger partial charge in [-0.2, -0.15) is 0 Å². The molecule has 73 heavy (non-hydrogen) atoms. The molecule has 2 N–H and O–H groups in total. The molecule has 10 heteroatoms. The summed E-state index contributed by atoms with van der Waals surface area (Å²) >= 11 is 0. The molecule has 9 nitrogen and oxygen atoms in total. The van der Waals surface area contributed by atoms with Crippen molar-refractivity contribution in [1.82, 2.24) is 5.32 Å². The van der Waals surface area contributed by atoms with Crippen molar-refractivity contribution in [2.75, 3.05) is 40.9 Å². The Kier molecular flexibility index (Phi) is 50.2. The number of amides is 1. The molecule has 0 aliphatic carbocycles. The van der Waals surface area contributed by atoms with Crippen molar-refractivity contribution in [1.29, 1.82) is 0 Å². The molecule has 1 amide bonds. The van der Waals surface area contributed by atoms with Crippen LogP contribution in [0.5, 0.6) is 0 Å². The minimum atomic E-state index is -4.47. The first-order chi connectivity index (χ1) is 35.4. The summed E-state index contributed by atoms with van der Waals surface area (Å²) in [6.07, 6.45) is 69.8. The van der Waals surface area contributed by atoms with Gasteiger partial charge in [0.05, 0.1) is 33.8 Å². The number of quaternary nitrogens is 1. The van der Waals surface area contributed by atoms with E-state index in [0.717, 1.165) is 103 Å². The van der Waals surface area contributed by atoms with Gasteiger partial charge < -0.3 is 19.4 Å². The second-order valence-electron chi connectivity index (χ2n) is 20.8. The standard InChI is InChI=1S/C63H111N2O7P/c1-7-10-13-16-19-22-25-27-29-31-32-34-35-37-40-43-46-49-52-55-62(66)64-60(59-71-73(68,69)70-58-57-65(4,5)6)61(54-51-48-45-42-39-24-21-18-15-12-9-3)72-63(67)56-53-50-47-44-41-38-36-33-30-28-26-23-20-17-14-11-8-2/h19-20,22-23,27-30,32,34,36,38,44,47,51,54,60-61H,7-18,21,24-26,31,33,35,37,39-43,45-46,48-50,52-53,55-59H2,1-6H3,(H-,64,66,68,69)/p+1/b22-19-,23-20-,29-27-,30-28-,34-32-,38-36-,47-44-,54-51+. The average molecular weight is 1040 g/mol. The quantitative estimate of drug-likeness (QED) is 0.0205. The molecular formula is C63H112N2O7P+. The average Bonchev–Trinajstić information content (AvgIpc) is 3.35. The smallest absolute Gasteiger partial charge is 0.456 e. The highest BCUT2D eigenvalue weighted by Gasteiger charge is 2.30. The Morgan fingerprint density at radius 3 is 1.30 bits per heavy atom. The maximum Gasteiger partial charge on any atom is 0.472 e. The van der Waals surface area contributed by atoms with Crippen LogP contribution in [0.4, 0.5) is 0 Å². The number of hydrogen-bond donors (Lipinski definition) is 2. The molecule has 3 atom stereocenters. The van der Waals surface area contributed by atoms with Crippen LogP contribution in [0.15, 0.2) is 97.2 Å². The van der Waals surface area contributed by atoms with Gasteiger partial charge in [-0.05, 0) is 109 Å². The van der Waals surface area contributed by atoms with E-state index in [9.17, 15) is 19.0 Å². The Hall–Kier alpha value is -3.07. The van der Waals surface area contributed by atoms with E-state index < -0.39 is 20.0 Å². The topological polar surface area (TPSA) is 111 Å². The predicted octanol–water partition coefficient (Wildman–Crippen LogP) is 18.0. The van der Waals surface area contributed by atoms with Crippen molar-refractivity contribution in [3.05, 3.63) is 97.2 Å². The van der Waals surface area contributed by atoms with Crippen LogP contribution in [0, 0.1) is 0 Å². The van der Waals surface area contributed by atoms with Crippen molar-refractivity contribution in [3.8, 4) is 0 Å². The summed E-state index contributed by atoms with van der Waals surface area (Å²) in [5, 5.41) is 3.03. The van der Waals surface area contributed by atoms with Gasteiger partial charge in [-0.25, -0.2) is 4.57 Å². The number of carbonyl (C=O) groups excluding carboxylic acids is 2. The van der Waals surface area contributed by atoms with E-state index in [1.54, 1.807) is 0 Å². The van der Waals surface area contributed by atoms with Gasteiger partial charge in [-0.3, -0.25) is 18.6 Å². The summed E-state index contributed by atoms with van der Waals surface area (Å²) in [6, 6.07) is -0.882. The molecule has 0 fully saturated rings. The first-order valence-corrected chi connectivity index (χ1v) is 31.1. The minimum Gasteiger partial charge on any atom is -0.456 e. The van der Waals surface area contributed by atoms with Gasteiger partial charge in [0, 0.05) is 12.8 Å². The number of ether oxygens (including phenoxy) is 1. The van der Waals surface area contributed by atoms with Gasteiger partial charge in [0.15, 0.2) is 0 Å². The summed E-state index contributed by atoms with van der Waals surface area (Å²) in [5.74, 6) is -0.591. The van der Waals surface area contributed by atoms with Crippen LogP contribution in [0.1, 0.15) is 239 Å². The molecule has 0 rings (SSSR count). The van der Waals surface area contributed by atoms with Crippen molar-refractivity contribution in [2.45, 2.75) is 251 Å². The molecular weight excluding hydrogens is 928 g/mol. The highest BCUT2D eigenvalue weighted by molar-refractivity contribution is 7.47. The second kappa shape index (κ2) is 52.4. The largest absolute Gasteiger partial charge is 0.472 e. The molecule has 0 radical (unpaired) electrons. The Labute approximate surface area is 449 Å². The molecule has 0 saturated carbocycles. The number of nitrogens with zero attached hydrogens (tertiary/aromatic N) is 1. The highest BCUT2D eigenvalue weighted by Crippen LogP contribution is 2.43. The van der Waals surface area contributed by atoms with E-state index in [1.807, 2.05) is 33.3 Å². The van der Waals surface area contributed by atoms with E-state index in [-0.39, 0.29) is 31.5 Å². The van der Waals surface area contributed by atoms with Crippen molar-refractivity contribution in [3.63, 3.8) is 0 Å². The number of phosphoric acid groups is 1. The molecule has 0 aromatic heterocycles. The number of phosphoric ester groups is 1. The molecule has 0 aliphatic heterocycles. The Bertz CT molecular complexity index is 1570. The van der Waals surface area contributed by atoms with Crippen molar-refractivity contribution >= 4 is 19.7 Å². The van der Waals surface area contributed by atoms with Crippen LogP contribution >= 0.6 is 7.82 Å². The lowest BCUT2D eigenvalue weighted by Gasteiger charge is -2.27. The fourth-order valence-electron chi connectivity index (χ4n) is 7.88.